The van der Waals surface area contributed by atoms with E-state index in [1.54, 1.807) is 36.4 Å². The lowest BCUT2D eigenvalue weighted by molar-refractivity contribution is -0.120. The Balaban J connectivity index is 1.79. The predicted octanol–water partition coefficient (Wildman–Crippen LogP) is 2.09. The first-order valence-electron chi connectivity index (χ1n) is 7.72. The van der Waals surface area contributed by atoms with Crippen LogP contribution < -0.4 is 16.2 Å². The molecule has 0 atom stereocenters. The second-order valence-electron chi connectivity index (χ2n) is 5.22. The van der Waals surface area contributed by atoms with Gasteiger partial charge in [-0.05, 0) is 36.2 Å². The van der Waals surface area contributed by atoms with Crippen molar-refractivity contribution in [2.45, 2.75) is 13.3 Å². The van der Waals surface area contributed by atoms with Crippen molar-refractivity contribution in [2.24, 2.45) is 0 Å². The van der Waals surface area contributed by atoms with Crippen molar-refractivity contribution in [1.82, 2.24) is 16.2 Å². The molecule has 7 heteroatoms. The molecule has 0 bridgehead atoms. The fourth-order valence-electron chi connectivity index (χ4n) is 2.04. The molecule has 0 unspecified atom stereocenters. The highest BCUT2D eigenvalue weighted by molar-refractivity contribution is 6.33. The van der Waals surface area contributed by atoms with Gasteiger partial charge in [0.2, 0.25) is 0 Å². The van der Waals surface area contributed by atoms with Crippen LogP contribution in [0.2, 0.25) is 5.02 Å². The largest absolute Gasteiger partial charge is 0.343 e. The van der Waals surface area contributed by atoms with Crippen LogP contribution in [0, 0.1) is 0 Å². The fraction of sp³-hybridized carbons (Fsp3) is 0.167. The average molecular weight is 360 g/mol. The minimum absolute atomic E-state index is 0.275. The zero-order valence-corrected chi connectivity index (χ0v) is 14.4. The van der Waals surface area contributed by atoms with Gasteiger partial charge < -0.3 is 5.32 Å². The van der Waals surface area contributed by atoms with E-state index in [0.717, 1.165) is 12.0 Å². The third kappa shape index (κ3) is 5.32. The summed E-state index contributed by atoms with van der Waals surface area (Å²) in [6.07, 6.45) is 0.879. The second kappa shape index (κ2) is 8.84. The predicted molar refractivity (Wildman–Crippen MR) is 95.2 cm³/mol. The number of hydrogen-bond acceptors (Lipinski definition) is 3. The molecule has 2 rings (SSSR count). The SMILES string of the molecule is CCc1ccc(C(=O)NNC(=O)CNC(=O)c2ccccc2Cl)cc1. The number of carbonyl (C=O) groups is 3. The van der Waals surface area contributed by atoms with Crippen molar-refractivity contribution < 1.29 is 14.4 Å². The molecule has 3 N–H and O–H groups in total. The number of nitrogens with one attached hydrogen (secondary N) is 3. The molecule has 0 aromatic heterocycles. The van der Waals surface area contributed by atoms with Gasteiger partial charge in [0.15, 0.2) is 0 Å². The number of rotatable bonds is 5. The van der Waals surface area contributed by atoms with Gasteiger partial charge in [-0.1, -0.05) is 42.8 Å². The lowest BCUT2D eigenvalue weighted by Crippen LogP contribution is -2.46. The first-order chi connectivity index (χ1) is 12.0. The quantitative estimate of drug-likeness (QED) is 0.714. The van der Waals surface area contributed by atoms with Crippen LogP contribution in [0.4, 0.5) is 0 Å². The highest BCUT2D eigenvalue weighted by Crippen LogP contribution is 2.14. The Morgan fingerprint density at radius 3 is 2.24 bits per heavy atom. The Kier molecular flexibility index (Phi) is 6.54. The molecule has 0 aliphatic rings. The molecule has 0 spiro atoms. The van der Waals surface area contributed by atoms with Crippen LogP contribution in [0.3, 0.4) is 0 Å². The number of hydrazine groups is 1. The normalized spacial score (nSPS) is 10.0. The van der Waals surface area contributed by atoms with E-state index in [0.29, 0.717) is 10.6 Å². The maximum atomic E-state index is 11.9. The summed E-state index contributed by atoms with van der Waals surface area (Å²) in [5.74, 6) is -1.46. The lowest BCUT2D eigenvalue weighted by Gasteiger charge is -2.09. The van der Waals surface area contributed by atoms with Crippen LogP contribution >= 0.6 is 11.6 Å². The Morgan fingerprint density at radius 1 is 0.920 bits per heavy atom. The number of hydrogen-bond donors (Lipinski definition) is 3. The van der Waals surface area contributed by atoms with E-state index in [4.69, 9.17) is 11.6 Å². The minimum Gasteiger partial charge on any atom is -0.343 e. The molecule has 25 heavy (non-hydrogen) atoms. The van der Waals surface area contributed by atoms with E-state index in [1.807, 2.05) is 19.1 Å². The van der Waals surface area contributed by atoms with Crippen molar-refractivity contribution in [3.05, 3.63) is 70.2 Å². The summed E-state index contributed by atoms with van der Waals surface area (Å²) in [5.41, 5.74) is 6.36. The molecule has 2 aromatic rings. The van der Waals surface area contributed by atoms with Crippen molar-refractivity contribution in [2.75, 3.05) is 6.54 Å². The third-order valence-electron chi connectivity index (χ3n) is 3.47. The van der Waals surface area contributed by atoms with Gasteiger partial charge in [0.05, 0.1) is 17.1 Å². The molecule has 0 saturated heterocycles. The first-order valence-corrected chi connectivity index (χ1v) is 8.10. The average Bonchev–Trinajstić information content (AvgIpc) is 2.64. The van der Waals surface area contributed by atoms with Crippen LogP contribution in [0.25, 0.3) is 0 Å². The molecule has 2 aromatic carbocycles. The zero-order chi connectivity index (χ0) is 18.2. The fourth-order valence-corrected chi connectivity index (χ4v) is 2.26. The summed E-state index contributed by atoms with van der Waals surface area (Å²) in [7, 11) is 0. The molecule has 0 radical (unpaired) electrons. The van der Waals surface area contributed by atoms with Crippen molar-refractivity contribution >= 4 is 29.3 Å². The number of carbonyl (C=O) groups excluding carboxylic acids is 3. The monoisotopic (exact) mass is 359 g/mol. The summed E-state index contributed by atoms with van der Waals surface area (Å²) in [6, 6.07) is 13.6. The summed E-state index contributed by atoms with van der Waals surface area (Å²) in [6.45, 7) is 1.73. The van der Waals surface area contributed by atoms with E-state index in [9.17, 15) is 14.4 Å². The number of benzene rings is 2. The molecule has 0 aliphatic heterocycles. The van der Waals surface area contributed by atoms with Gasteiger partial charge in [-0.25, -0.2) is 0 Å². The van der Waals surface area contributed by atoms with Crippen molar-refractivity contribution in [1.29, 1.82) is 0 Å². The molecule has 3 amide bonds. The number of halogens is 1. The Morgan fingerprint density at radius 2 is 1.60 bits per heavy atom. The molecular weight excluding hydrogens is 342 g/mol. The van der Waals surface area contributed by atoms with Crippen molar-refractivity contribution in [3.8, 4) is 0 Å². The highest BCUT2D eigenvalue weighted by Gasteiger charge is 2.12. The molecule has 6 nitrogen and oxygen atoms in total. The summed E-state index contributed by atoms with van der Waals surface area (Å²) >= 11 is 5.91. The van der Waals surface area contributed by atoms with Gasteiger partial charge in [-0.2, -0.15) is 0 Å². The van der Waals surface area contributed by atoms with Gasteiger partial charge in [0, 0.05) is 5.56 Å². The van der Waals surface area contributed by atoms with Crippen LogP contribution in [0.1, 0.15) is 33.2 Å². The van der Waals surface area contributed by atoms with Crippen LogP contribution in [0.15, 0.2) is 48.5 Å². The number of amides is 3. The standard InChI is InChI=1S/C18H18ClN3O3/c1-2-12-7-9-13(10-8-12)17(24)22-21-16(23)11-20-18(25)14-5-3-4-6-15(14)19/h3-10H,2,11H2,1H3,(H,20,25)(H,21,23)(H,22,24). The molecule has 130 valence electrons. The highest BCUT2D eigenvalue weighted by atomic mass is 35.5. The Hall–Kier alpha value is -2.86. The maximum Gasteiger partial charge on any atom is 0.269 e. The maximum absolute atomic E-state index is 11.9. The van der Waals surface area contributed by atoms with Crippen LogP contribution in [-0.2, 0) is 11.2 Å². The van der Waals surface area contributed by atoms with Crippen LogP contribution in [0.5, 0.6) is 0 Å². The Labute approximate surface area is 150 Å². The van der Waals surface area contributed by atoms with Crippen LogP contribution in [-0.4, -0.2) is 24.3 Å². The van der Waals surface area contributed by atoms with E-state index in [1.165, 1.54) is 0 Å². The lowest BCUT2D eigenvalue weighted by atomic mass is 10.1. The molecule has 0 fully saturated rings. The smallest absolute Gasteiger partial charge is 0.269 e. The van der Waals surface area contributed by atoms with E-state index >= 15 is 0 Å². The van der Waals surface area contributed by atoms with E-state index in [-0.39, 0.29) is 12.1 Å². The van der Waals surface area contributed by atoms with Gasteiger partial charge in [0.25, 0.3) is 17.7 Å². The third-order valence-corrected chi connectivity index (χ3v) is 3.80. The zero-order valence-electron chi connectivity index (χ0n) is 13.6. The Bertz CT molecular complexity index is 775. The second-order valence-corrected chi connectivity index (χ2v) is 5.62. The first kappa shape index (κ1) is 18.5. The van der Waals surface area contributed by atoms with E-state index in [2.05, 4.69) is 16.2 Å². The van der Waals surface area contributed by atoms with Gasteiger partial charge in [-0.3, -0.25) is 25.2 Å². The summed E-state index contributed by atoms with van der Waals surface area (Å²) in [5, 5.41) is 2.73. The summed E-state index contributed by atoms with van der Waals surface area (Å²) in [4.78, 5) is 35.6. The molecular formula is C18H18ClN3O3. The van der Waals surface area contributed by atoms with Crippen molar-refractivity contribution in [3.63, 3.8) is 0 Å². The topological polar surface area (TPSA) is 87.3 Å². The van der Waals surface area contributed by atoms with Gasteiger partial charge in [0.1, 0.15) is 0 Å². The molecule has 0 heterocycles. The van der Waals surface area contributed by atoms with Gasteiger partial charge >= 0.3 is 0 Å². The van der Waals surface area contributed by atoms with E-state index < -0.39 is 17.7 Å². The number of aryl methyl sites for hydroxylation is 1. The summed E-state index contributed by atoms with van der Waals surface area (Å²) < 4.78 is 0. The molecule has 0 saturated carbocycles. The van der Waals surface area contributed by atoms with Gasteiger partial charge in [-0.15, -0.1) is 0 Å². The molecule has 0 aliphatic carbocycles. The minimum atomic E-state index is -0.557.